The van der Waals surface area contributed by atoms with Crippen molar-refractivity contribution in [1.29, 1.82) is 0 Å². The van der Waals surface area contributed by atoms with Crippen LogP contribution in [-0.2, 0) is 0 Å². The summed E-state index contributed by atoms with van der Waals surface area (Å²) >= 11 is 3.48. The van der Waals surface area contributed by atoms with Gasteiger partial charge in [-0.2, -0.15) is 0 Å². The predicted molar refractivity (Wildman–Crippen MR) is 137 cm³/mol. The lowest BCUT2D eigenvalue weighted by Crippen LogP contribution is -2.18. The van der Waals surface area contributed by atoms with Crippen molar-refractivity contribution >= 4 is 39.1 Å². The quantitative estimate of drug-likeness (QED) is 0.344. The van der Waals surface area contributed by atoms with E-state index in [2.05, 4.69) is 40.4 Å². The summed E-state index contributed by atoms with van der Waals surface area (Å²) in [4.78, 5) is 25.8. The molecule has 0 fully saturated rings. The van der Waals surface area contributed by atoms with Crippen LogP contribution < -0.4 is 15.4 Å². The molecular weight excluding hydrogens is 480 g/mol. The highest BCUT2D eigenvalue weighted by Gasteiger charge is 2.16. The van der Waals surface area contributed by atoms with Crippen LogP contribution in [0.3, 0.4) is 0 Å². The third kappa shape index (κ3) is 6.68. The van der Waals surface area contributed by atoms with Gasteiger partial charge in [0.2, 0.25) is 0 Å². The highest BCUT2D eigenvalue weighted by Crippen LogP contribution is 2.27. The largest absolute Gasteiger partial charge is 0.492 e. The summed E-state index contributed by atoms with van der Waals surface area (Å²) in [6.07, 6.45) is 0.954. The van der Waals surface area contributed by atoms with Crippen LogP contribution >= 0.6 is 15.9 Å². The molecule has 0 atom stereocenters. The standard InChI is InChI=1S/C27H29BrN2O3/c1-17(2)13-14-33-25-12-10-20(16-23(25)28)26(31)30-24-8-6-5-7-22(24)27(32)29-21-11-9-18(3)19(4)15-21/h5-12,15-17H,13-14H2,1-4H3,(H,29,32)(H,30,31). The summed E-state index contributed by atoms with van der Waals surface area (Å²) in [6, 6.07) is 17.9. The van der Waals surface area contributed by atoms with Crippen molar-refractivity contribution in [2.75, 3.05) is 17.2 Å². The van der Waals surface area contributed by atoms with E-state index in [1.165, 1.54) is 0 Å². The van der Waals surface area contributed by atoms with Gasteiger partial charge in [-0.3, -0.25) is 9.59 Å². The molecule has 0 radical (unpaired) electrons. The number of hydrogen-bond acceptors (Lipinski definition) is 3. The number of hydrogen-bond donors (Lipinski definition) is 2. The van der Waals surface area contributed by atoms with Crippen LogP contribution in [-0.4, -0.2) is 18.4 Å². The first-order valence-corrected chi connectivity index (χ1v) is 11.7. The van der Waals surface area contributed by atoms with Gasteiger partial charge in [-0.05, 0) is 95.7 Å². The maximum atomic E-state index is 12.9. The molecule has 0 aliphatic heterocycles. The lowest BCUT2D eigenvalue weighted by Gasteiger charge is -2.13. The van der Waals surface area contributed by atoms with Gasteiger partial charge >= 0.3 is 0 Å². The predicted octanol–water partition coefficient (Wildman–Crippen LogP) is 7.00. The van der Waals surface area contributed by atoms with Gasteiger partial charge < -0.3 is 15.4 Å². The maximum Gasteiger partial charge on any atom is 0.257 e. The maximum absolute atomic E-state index is 12.9. The SMILES string of the molecule is Cc1ccc(NC(=O)c2ccccc2NC(=O)c2ccc(OCCC(C)C)c(Br)c2)cc1C. The van der Waals surface area contributed by atoms with Gasteiger partial charge in [-0.1, -0.05) is 32.0 Å². The highest BCUT2D eigenvalue weighted by molar-refractivity contribution is 9.10. The third-order valence-electron chi connectivity index (χ3n) is 5.33. The Morgan fingerprint density at radius 2 is 1.67 bits per heavy atom. The number of benzene rings is 3. The van der Waals surface area contributed by atoms with Gasteiger partial charge in [0.25, 0.3) is 11.8 Å². The number of nitrogens with one attached hydrogen (secondary N) is 2. The number of ether oxygens (including phenoxy) is 1. The zero-order valence-corrected chi connectivity index (χ0v) is 21.0. The Kier molecular flexibility index (Phi) is 8.28. The lowest BCUT2D eigenvalue weighted by molar-refractivity contribution is 0.102. The Bertz CT molecular complexity index is 1160. The number of carbonyl (C=O) groups is 2. The first kappa shape index (κ1) is 24.5. The topological polar surface area (TPSA) is 67.4 Å². The van der Waals surface area contributed by atoms with Gasteiger partial charge in [0.1, 0.15) is 5.75 Å². The van der Waals surface area contributed by atoms with Crippen LogP contribution in [0.5, 0.6) is 5.75 Å². The minimum atomic E-state index is -0.309. The molecule has 2 amide bonds. The molecular formula is C27H29BrN2O3. The summed E-state index contributed by atoms with van der Waals surface area (Å²) in [5.74, 6) is 0.654. The molecule has 0 spiro atoms. The van der Waals surface area contributed by atoms with Crippen LogP contribution in [0.15, 0.2) is 65.1 Å². The second kappa shape index (κ2) is 11.1. The van der Waals surface area contributed by atoms with Gasteiger partial charge in [0.05, 0.1) is 22.3 Å². The fourth-order valence-electron chi connectivity index (χ4n) is 3.17. The molecule has 0 aromatic heterocycles. The minimum absolute atomic E-state index is 0.288. The van der Waals surface area contributed by atoms with E-state index in [9.17, 15) is 9.59 Å². The summed E-state index contributed by atoms with van der Waals surface area (Å²) < 4.78 is 6.50. The van der Waals surface area contributed by atoms with Crippen LogP contribution in [0.25, 0.3) is 0 Å². The van der Waals surface area contributed by atoms with Crippen molar-refractivity contribution in [3.63, 3.8) is 0 Å². The number of carbonyl (C=O) groups excluding carboxylic acids is 2. The molecule has 6 heteroatoms. The monoisotopic (exact) mass is 508 g/mol. The molecule has 3 aromatic rings. The highest BCUT2D eigenvalue weighted by atomic mass is 79.9. The number of amides is 2. The Labute approximate surface area is 203 Å². The van der Waals surface area contributed by atoms with Crippen molar-refractivity contribution in [3.8, 4) is 5.75 Å². The molecule has 0 heterocycles. The Hall–Kier alpha value is -3.12. The third-order valence-corrected chi connectivity index (χ3v) is 5.95. The summed E-state index contributed by atoms with van der Waals surface area (Å²) in [6.45, 7) is 8.93. The normalized spacial score (nSPS) is 10.7. The van der Waals surface area contributed by atoms with Crippen molar-refractivity contribution in [2.24, 2.45) is 5.92 Å². The van der Waals surface area contributed by atoms with Gasteiger partial charge in [-0.25, -0.2) is 0 Å². The Morgan fingerprint density at radius 1 is 0.909 bits per heavy atom. The summed E-state index contributed by atoms with van der Waals surface area (Å²) in [5.41, 5.74) is 4.25. The molecule has 0 unspecified atom stereocenters. The Balaban J connectivity index is 1.72. The number of aryl methyl sites for hydroxylation is 2. The van der Waals surface area contributed by atoms with Crippen LogP contribution in [0.4, 0.5) is 11.4 Å². The number of rotatable bonds is 8. The van der Waals surface area contributed by atoms with Crippen molar-refractivity contribution in [1.82, 2.24) is 0 Å². The number of halogens is 1. The zero-order chi connectivity index (χ0) is 24.0. The van der Waals surface area contributed by atoms with E-state index in [-0.39, 0.29) is 11.8 Å². The molecule has 2 N–H and O–H groups in total. The van der Waals surface area contributed by atoms with Crippen molar-refractivity contribution in [2.45, 2.75) is 34.1 Å². The molecule has 0 saturated carbocycles. The fourth-order valence-corrected chi connectivity index (χ4v) is 3.66. The molecule has 5 nitrogen and oxygen atoms in total. The van der Waals surface area contributed by atoms with E-state index >= 15 is 0 Å². The van der Waals surface area contributed by atoms with E-state index in [4.69, 9.17) is 4.74 Å². The number of anilines is 2. The molecule has 172 valence electrons. The van der Waals surface area contributed by atoms with E-state index < -0.39 is 0 Å². The van der Waals surface area contributed by atoms with Crippen molar-refractivity contribution in [3.05, 3.63) is 87.4 Å². The van der Waals surface area contributed by atoms with Gasteiger partial charge in [-0.15, -0.1) is 0 Å². The first-order valence-electron chi connectivity index (χ1n) is 11.0. The summed E-state index contributed by atoms with van der Waals surface area (Å²) in [5, 5.41) is 5.77. The van der Waals surface area contributed by atoms with E-state index in [0.717, 1.165) is 17.5 Å². The van der Waals surface area contributed by atoms with Gasteiger partial charge in [0.15, 0.2) is 0 Å². The molecule has 0 bridgehead atoms. The van der Waals surface area contributed by atoms with Gasteiger partial charge in [0, 0.05) is 11.3 Å². The smallest absolute Gasteiger partial charge is 0.257 e. The molecule has 0 aliphatic carbocycles. The first-order chi connectivity index (χ1) is 15.7. The van der Waals surface area contributed by atoms with Crippen molar-refractivity contribution < 1.29 is 14.3 Å². The Morgan fingerprint density at radius 3 is 2.36 bits per heavy atom. The van der Waals surface area contributed by atoms with Crippen LogP contribution in [0.2, 0.25) is 0 Å². The van der Waals surface area contributed by atoms with E-state index in [1.54, 1.807) is 42.5 Å². The number of para-hydroxylation sites is 1. The van der Waals surface area contributed by atoms with Crippen LogP contribution in [0.1, 0.15) is 52.1 Å². The minimum Gasteiger partial charge on any atom is -0.492 e. The molecule has 33 heavy (non-hydrogen) atoms. The lowest BCUT2D eigenvalue weighted by atomic mass is 10.1. The molecule has 3 rings (SSSR count). The molecule has 0 saturated heterocycles. The van der Waals surface area contributed by atoms with E-state index in [0.29, 0.717) is 45.2 Å². The average Bonchev–Trinajstić information content (AvgIpc) is 2.77. The second-order valence-electron chi connectivity index (χ2n) is 8.43. The summed E-state index contributed by atoms with van der Waals surface area (Å²) in [7, 11) is 0. The van der Waals surface area contributed by atoms with Crippen LogP contribution in [0, 0.1) is 19.8 Å². The zero-order valence-electron chi connectivity index (χ0n) is 19.4. The molecule has 0 aliphatic rings. The average molecular weight is 509 g/mol. The second-order valence-corrected chi connectivity index (χ2v) is 9.28. The fraction of sp³-hybridized carbons (Fsp3) is 0.259. The molecule has 3 aromatic carbocycles. The van der Waals surface area contributed by atoms with E-state index in [1.807, 2.05) is 32.0 Å².